The lowest BCUT2D eigenvalue weighted by Gasteiger charge is -2.30. The Morgan fingerprint density at radius 2 is 2.19 bits per heavy atom. The molecule has 0 fully saturated rings. The van der Waals surface area contributed by atoms with Crippen LogP contribution in [0.5, 0.6) is 0 Å². The molecule has 0 saturated carbocycles. The summed E-state index contributed by atoms with van der Waals surface area (Å²) in [6.07, 6.45) is 0.409. The number of hydrogen-bond acceptors (Lipinski definition) is 2. The summed E-state index contributed by atoms with van der Waals surface area (Å²) in [5.41, 5.74) is 7.17. The number of nitrogen functional groups attached to an aromatic ring is 1. The van der Waals surface area contributed by atoms with Gasteiger partial charge in [-0.05, 0) is 23.6 Å². The van der Waals surface area contributed by atoms with Crippen LogP contribution in [0.25, 0.3) is 0 Å². The summed E-state index contributed by atoms with van der Waals surface area (Å²) in [6.45, 7) is 1.91. The van der Waals surface area contributed by atoms with Gasteiger partial charge in [-0.15, -0.1) is 0 Å². The highest BCUT2D eigenvalue weighted by molar-refractivity contribution is 5.97. The molecular formula is C11H17FN2O2. The van der Waals surface area contributed by atoms with E-state index in [1.54, 1.807) is 13.1 Å². The molecule has 90 valence electrons. The maximum absolute atomic E-state index is 13.7. The van der Waals surface area contributed by atoms with E-state index in [0.29, 0.717) is 17.8 Å². The molecule has 1 aliphatic heterocycles. The predicted octanol–water partition coefficient (Wildman–Crippen LogP) is 1.30. The average molecular weight is 228 g/mol. The standard InChI is InChI=1S/C11H13FN2O.H2O.H2/c1-6-3-10(15)14(2)11-8(6)4-7(13)5-9(11)12;;/h4-6H,3,13H2,1-2H3;1H2;1H. The number of rotatable bonds is 0. The number of hydrogen-bond donors (Lipinski definition) is 1. The van der Waals surface area contributed by atoms with Gasteiger partial charge in [-0.1, -0.05) is 6.92 Å². The van der Waals surface area contributed by atoms with Crippen LogP contribution >= 0.6 is 0 Å². The topological polar surface area (TPSA) is 77.8 Å². The second-order valence-electron chi connectivity index (χ2n) is 4.00. The Labute approximate surface area is 94.6 Å². The Bertz CT molecular complexity index is 440. The van der Waals surface area contributed by atoms with Crippen LogP contribution in [0.1, 0.15) is 26.3 Å². The summed E-state index contributed by atoms with van der Waals surface area (Å²) in [5, 5.41) is 0. The third kappa shape index (κ3) is 1.74. The van der Waals surface area contributed by atoms with Crippen molar-refractivity contribution in [3.8, 4) is 0 Å². The molecule has 4 N–H and O–H groups in total. The maximum atomic E-state index is 13.7. The lowest BCUT2D eigenvalue weighted by Crippen LogP contribution is -2.33. The van der Waals surface area contributed by atoms with Crippen molar-refractivity contribution in [2.75, 3.05) is 17.7 Å². The number of nitrogens with zero attached hydrogens (tertiary/aromatic N) is 1. The molecule has 4 nitrogen and oxygen atoms in total. The van der Waals surface area contributed by atoms with E-state index >= 15 is 0 Å². The number of carbonyl (C=O) groups excluding carboxylic acids is 1. The van der Waals surface area contributed by atoms with Crippen LogP contribution < -0.4 is 10.6 Å². The molecule has 1 aromatic rings. The van der Waals surface area contributed by atoms with Gasteiger partial charge in [-0.25, -0.2) is 4.39 Å². The zero-order chi connectivity index (χ0) is 11.2. The van der Waals surface area contributed by atoms with Crippen LogP contribution in [0, 0.1) is 5.82 Å². The van der Waals surface area contributed by atoms with Gasteiger partial charge in [0, 0.05) is 20.6 Å². The zero-order valence-corrected chi connectivity index (χ0v) is 9.25. The Morgan fingerprint density at radius 3 is 2.81 bits per heavy atom. The summed E-state index contributed by atoms with van der Waals surface area (Å²) in [6, 6.07) is 2.99. The summed E-state index contributed by atoms with van der Waals surface area (Å²) in [5.74, 6) is -0.451. The fourth-order valence-corrected chi connectivity index (χ4v) is 2.01. The van der Waals surface area contributed by atoms with E-state index in [4.69, 9.17) is 5.73 Å². The normalized spacial score (nSPS) is 19.1. The SMILES string of the molecule is CC1CC(=O)N(C)c2c(F)cc(N)cc21.O.[HH]. The minimum absolute atomic E-state index is 0. The molecular weight excluding hydrogens is 211 g/mol. The molecule has 0 bridgehead atoms. The van der Waals surface area contributed by atoms with Gasteiger partial charge in [0.25, 0.3) is 0 Å². The van der Waals surface area contributed by atoms with E-state index in [1.807, 2.05) is 6.92 Å². The fourth-order valence-electron chi connectivity index (χ4n) is 2.01. The monoisotopic (exact) mass is 228 g/mol. The molecule has 5 heteroatoms. The Hall–Kier alpha value is -1.62. The summed E-state index contributed by atoms with van der Waals surface area (Å²) in [4.78, 5) is 12.9. The molecule has 1 aromatic carbocycles. The molecule has 0 saturated heterocycles. The van der Waals surface area contributed by atoms with Crippen LogP contribution in [0.2, 0.25) is 0 Å². The van der Waals surface area contributed by atoms with E-state index in [1.165, 1.54) is 11.0 Å². The molecule has 0 spiro atoms. The molecule has 2 rings (SSSR count). The fraction of sp³-hybridized carbons (Fsp3) is 0.364. The highest BCUT2D eigenvalue weighted by Gasteiger charge is 2.29. The number of amides is 1. The minimum atomic E-state index is -0.424. The van der Waals surface area contributed by atoms with Crippen LogP contribution in [0.3, 0.4) is 0 Å². The first-order chi connectivity index (χ1) is 7.00. The first kappa shape index (κ1) is 12.4. The molecule has 16 heavy (non-hydrogen) atoms. The highest BCUT2D eigenvalue weighted by atomic mass is 19.1. The highest BCUT2D eigenvalue weighted by Crippen LogP contribution is 2.38. The maximum Gasteiger partial charge on any atom is 0.227 e. The molecule has 1 amide bonds. The van der Waals surface area contributed by atoms with Crippen molar-refractivity contribution < 1.29 is 16.1 Å². The zero-order valence-electron chi connectivity index (χ0n) is 9.25. The Morgan fingerprint density at radius 1 is 1.56 bits per heavy atom. The molecule has 1 atom stereocenters. The van der Waals surface area contributed by atoms with Gasteiger partial charge in [0.1, 0.15) is 5.82 Å². The molecule has 0 radical (unpaired) electrons. The second kappa shape index (κ2) is 4.09. The second-order valence-corrected chi connectivity index (χ2v) is 4.00. The number of halogens is 1. The van der Waals surface area contributed by atoms with E-state index in [-0.39, 0.29) is 18.7 Å². The molecule has 0 aliphatic carbocycles. The van der Waals surface area contributed by atoms with Gasteiger partial charge < -0.3 is 16.1 Å². The number of anilines is 2. The van der Waals surface area contributed by atoms with Gasteiger partial charge in [-0.2, -0.15) is 0 Å². The van der Waals surface area contributed by atoms with Crippen LogP contribution in [0.4, 0.5) is 15.8 Å². The lowest BCUT2D eigenvalue weighted by molar-refractivity contribution is -0.119. The minimum Gasteiger partial charge on any atom is -0.412 e. The third-order valence-corrected chi connectivity index (χ3v) is 2.84. The summed E-state index contributed by atoms with van der Waals surface area (Å²) in [7, 11) is 1.59. The summed E-state index contributed by atoms with van der Waals surface area (Å²) < 4.78 is 13.7. The summed E-state index contributed by atoms with van der Waals surface area (Å²) >= 11 is 0. The van der Waals surface area contributed by atoms with Crippen LogP contribution in [-0.4, -0.2) is 18.4 Å². The third-order valence-electron chi connectivity index (χ3n) is 2.84. The van der Waals surface area contributed by atoms with Gasteiger partial charge in [0.15, 0.2) is 0 Å². The van der Waals surface area contributed by atoms with Crippen LogP contribution in [-0.2, 0) is 4.79 Å². The average Bonchev–Trinajstić information content (AvgIpc) is 2.13. The number of nitrogens with two attached hydrogens (primary N) is 1. The van der Waals surface area contributed by atoms with Crippen LogP contribution in [0.15, 0.2) is 12.1 Å². The molecule has 1 aliphatic rings. The Balaban J connectivity index is 0.00000128. The molecule has 1 unspecified atom stereocenters. The first-order valence-corrected chi connectivity index (χ1v) is 4.86. The van der Waals surface area contributed by atoms with Crippen molar-refractivity contribution in [3.63, 3.8) is 0 Å². The van der Waals surface area contributed by atoms with E-state index in [9.17, 15) is 9.18 Å². The van der Waals surface area contributed by atoms with E-state index < -0.39 is 5.82 Å². The number of fused-ring (bicyclic) bond motifs is 1. The van der Waals surface area contributed by atoms with Gasteiger partial charge in [-0.3, -0.25) is 4.79 Å². The predicted molar refractivity (Wildman–Crippen MR) is 63.0 cm³/mol. The smallest absolute Gasteiger partial charge is 0.227 e. The van der Waals surface area contributed by atoms with Crippen molar-refractivity contribution in [1.29, 1.82) is 0 Å². The quantitative estimate of drug-likeness (QED) is 0.679. The molecule has 0 aromatic heterocycles. The van der Waals surface area contributed by atoms with Crippen molar-refractivity contribution >= 4 is 17.3 Å². The largest absolute Gasteiger partial charge is 0.412 e. The van der Waals surface area contributed by atoms with Gasteiger partial charge in [0.2, 0.25) is 5.91 Å². The van der Waals surface area contributed by atoms with Crippen molar-refractivity contribution in [2.45, 2.75) is 19.3 Å². The Kier molecular flexibility index (Phi) is 3.19. The lowest BCUT2D eigenvalue weighted by atomic mass is 9.90. The molecule has 1 heterocycles. The van der Waals surface area contributed by atoms with E-state index in [2.05, 4.69) is 0 Å². The van der Waals surface area contributed by atoms with Crippen molar-refractivity contribution in [3.05, 3.63) is 23.5 Å². The van der Waals surface area contributed by atoms with Gasteiger partial charge in [0.05, 0.1) is 5.69 Å². The van der Waals surface area contributed by atoms with Gasteiger partial charge >= 0.3 is 0 Å². The number of benzene rings is 1. The van der Waals surface area contributed by atoms with Crippen molar-refractivity contribution in [1.82, 2.24) is 0 Å². The van der Waals surface area contributed by atoms with E-state index in [0.717, 1.165) is 5.56 Å². The first-order valence-electron chi connectivity index (χ1n) is 4.86. The number of carbonyl (C=O) groups is 1. The van der Waals surface area contributed by atoms with Crippen molar-refractivity contribution in [2.24, 2.45) is 0 Å².